The molecule has 3 aromatic rings. The molecule has 0 fully saturated rings. The molecule has 25 heavy (non-hydrogen) atoms. The highest BCUT2D eigenvalue weighted by Crippen LogP contribution is 2.31. The number of carbonyl (C=O) groups is 1. The number of pyridine rings is 1. The smallest absolute Gasteiger partial charge is 0.169 e. The van der Waals surface area contributed by atoms with Crippen LogP contribution in [0.1, 0.15) is 52.3 Å². The SMILES string of the molecule is CC(=O)c1cc(CNC2CCCc3c2cnn3-c2ccccn2)cs1. The van der Waals surface area contributed by atoms with Crippen molar-refractivity contribution >= 4 is 17.1 Å². The maximum atomic E-state index is 11.4. The Kier molecular flexibility index (Phi) is 4.46. The third-order valence-electron chi connectivity index (χ3n) is 4.60. The van der Waals surface area contributed by atoms with E-state index in [1.54, 1.807) is 13.1 Å². The first-order chi connectivity index (χ1) is 12.2. The van der Waals surface area contributed by atoms with Crippen molar-refractivity contribution in [2.24, 2.45) is 0 Å². The van der Waals surface area contributed by atoms with Gasteiger partial charge in [-0.3, -0.25) is 4.79 Å². The van der Waals surface area contributed by atoms with Gasteiger partial charge in [-0.25, -0.2) is 9.67 Å². The summed E-state index contributed by atoms with van der Waals surface area (Å²) in [7, 11) is 0. The minimum Gasteiger partial charge on any atom is -0.306 e. The molecule has 0 bridgehead atoms. The standard InChI is InChI=1S/C19H20N4OS/c1-13(24)18-9-14(12-25-18)10-21-16-5-4-6-17-15(16)11-22-23(17)19-7-2-3-8-20-19/h2-3,7-9,11-12,16,21H,4-6,10H2,1H3. The van der Waals surface area contributed by atoms with Crippen molar-refractivity contribution in [3.8, 4) is 5.82 Å². The largest absolute Gasteiger partial charge is 0.306 e. The van der Waals surface area contributed by atoms with Gasteiger partial charge in [-0.2, -0.15) is 5.10 Å². The minimum atomic E-state index is 0.132. The van der Waals surface area contributed by atoms with Gasteiger partial charge in [0.2, 0.25) is 0 Å². The Bertz CT molecular complexity index is 884. The molecule has 6 heteroatoms. The Morgan fingerprint density at radius 3 is 3.12 bits per heavy atom. The van der Waals surface area contributed by atoms with Crippen molar-refractivity contribution < 1.29 is 4.79 Å². The number of hydrogen-bond donors (Lipinski definition) is 1. The number of fused-ring (bicyclic) bond motifs is 1. The molecule has 0 saturated heterocycles. The minimum absolute atomic E-state index is 0.132. The van der Waals surface area contributed by atoms with Crippen LogP contribution in [0, 0.1) is 0 Å². The van der Waals surface area contributed by atoms with Crippen LogP contribution >= 0.6 is 11.3 Å². The number of thiophene rings is 1. The molecule has 3 aromatic heterocycles. The molecule has 1 aliphatic rings. The summed E-state index contributed by atoms with van der Waals surface area (Å²) >= 11 is 1.52. The molecule has 0 saturated carbocycles. The molecule has 1 atom stereocenters. The summed E-state index contributed by atoms with van der Waals surface area (Å²) in [5.74, 6) is 1.00. The predicted octanol–water partition coefficient (Wildman–Crippen LogP) is 3.70. The Morgan fingerprint density at radius 1 is 1.44 bits per heavy atom. The molecule has 1 N–H and O–H groups in total. The average molecular weight is 352 g/mol. The summed E-state index contributed by atoms with van der Waals surface area (Å²) in [6.07, 6.45) is 7.02. The van der Waals surface area contributed by atoms with Gasteiger partial charge in [-0.1, -0.05) is 6.07 Å². The average Bonchev–Trinajstić information content (AvgIpc) is 3.28. The predicted molar refractivity (Wildman–Crippen MR) is 98.2 cm³/mol. The van der Waals surface area contributed by atoms with Crippen molar-refractivity contribution in [3.05, 3.63) is 63.7 Å². The second kappa shape index (κ2) is 6.90. The Labute approximate surface area is 150 Å². The van der Waals surface area contributed by atoms with Gasteiger partial charge in [0, 0.05) is 24.3 Å². The fourth-order valence-electron chi connectivity index (χ4n) is 3.34. The fraction of sp³-hybridized carbons (Fsp3) is 0.316. The topological polar surface area (TPSA) is 59.8 Å². The molecule has 0 amide bonds. The van der Waals surface area contributed by atoms with Gasteiger partial charge in [0.05, 0.1) is 16.8 Å². The molecule has 128 valence electrons. The quantitative estimate of drug-likeness (QED) is 0.711. The van der Waals surface area contributed by atoms with Crippen molar-refractivity contribution in [1.29, 1.82) is 0 Å². The number of hydrogen-bond acceptors (Lipinski definition) is 5. The lowest BCUT2D eigenvalue weighted by molar-refractivity contribution is 0.102. The van der Waals surface area contributed by atoms with Gasteiger partial charge in [-0.05, 0) is 55.3 Å². The van der Waals surface area contributed by atoms with E-state index in [1.165, 1.54) is 28.2 Å². The van der Waals surface area contributed by atoms with Gasteiger partial charge in [-0.15, -0.1) is 11.3 Å². The van der Waals surface area contributed by atoms with Crippen LogP contribution in [0.25, 0.3) is 5.82 Å². The van der Waals surface area contributed by atoms with Crippen molar-refractivity contribution in [3.63, 3.8) is 0 Å². The number of aromatic nitrogens is 3. The van der Waals surface area contributed by atoms with Crippen LogP contribution in [0.2, 0.25) is 0 Å². The lowest BCUT2D eigenvalue weighted by atomic mass is 9.93. The highest BCUT2D eigenvalue weighted by atomic mass is 32.1. The van der Waals surface area contributed by atoms with E-state index < -0.39 is 0 Å². The highest BCUT2D eigenvalue weighted by molar-refractivity contribution is 7.12. The molecule has 1 unspecified atom stereocenters. The van der Waals surface area contributed by atoms with Gasteiger partial charge < -0.3 is 5.32 Å². The first kappa shape index (κ1) is 16.2. The molecule has 5 nitrogen and oxygen atoms in total. The van der Waals surface area contributed by atoms with Gasteiger partial charge in [0.25, 0.3) is 0 Å². The zero-order valence-corrected chi connectivity index (χ0v) is 14.9. The number of rotatable bonds is 5. The zero-order chi connectivity index (χ0) is 17.2. The second-order valence-corrected chi connectivity index (χ2v) is 7.26. The fourth-order valence-corrected chi connectivity index (χ4v) is 4.15. The Morgan fingerprint density at radius 2 is 2.36 bits per heavy atom. The Balaban J connectivity index is 1.52. The van der Waals surface area contributed by atoms with Gasteiger partial charge in [0.1, 0.15) is 0 Å². The summed E-state index contributed by atoms with van der Waals surface area (Å²) in [5.41, 5.74) is 3.68. The van der Waals surface area contributed by atoms with Gasteiger partial charge in [0.15, 0.2) is 11.6 Å². The van der Waals surface area contributed by atoms with Crippen LogP contribution in [0.15, 0.2) is 42.0 Å². The van der Waals surface area contributed by atoms with Crippen LogP contribution in [0.3, 0.4) is 0 Å². The van der Waals surface area contributed by atoms with Crippen molar-refractivity contribution in [2.45, 2.75) is 38.8 Å². The molecule has 0 aliphatic heterocycles. The first-order valence-electron chi connectivity index (χ1n) is 8.52. The normalized spacial score (nSPS) is 16.6. The molecule has 0 radical (unpaired) electrons. The van der Waals surface area contributed by atoms with Crippen LogP contribution < -0.4 is 5.32 Å². The van der Waals surface area contributed by atoms with E-state index in [9.17, 15) is 4.79 Å². The molecule has 1 aliphatic carbocycles. The lowest BCUT2D eigenvalue weighted by Gasteiger charge is -2.24. The number of carbonyl (C=O) groups excluding carboxylic acids is 1. The summed E-state index contributed by atoms with van der Waals surface area (Å²) in [5, 5.41) is 10.3. The highest BCUT2D eigenvalue weighted by Gasteiger charge is 2.24. The summed E-state index contributed by atoms with van der Waals surface area (Å²) in [6.45, 7) is 2.38. The number of Topliss-reactive ketones (excluding diaryl/α,β-unsaturated/α-hetero) is 1. The van der Waals surface area contributed by atoms with E-state index in [0.29, 0.717) is 6.04 Å². The van der Waals surface area contributed by atoms with E-state index in [4.69, 9.17) is 0 Å². The maximum absolute atomic E-state index is 11.4. The van der Waals surface area contributed by atoms with E-state index in [0.717, 1.165) is 36.5 Å². The monoisotopic (exact) mass is 352 g/mol. The second-order valence-electron chi connectivity index (χ2n) is 6.35. The maximum Gasteiger partial charge on any atom is 0.169 e. The molecule has 0 aromatic carbocycles. The van der Waals surface area contributed by atoms with Crippen LogP contribution in [0.5, 0.6) is 0 Å². The molecule has 0 spiro atoms. The van der Waals surface area contributed by atoms with Crippen LogP contribution in [-0.4, -0.2) is 20.5 Å². The number of nitrogens with zero attached hydrogens (tertiary/aromatic N) is 3. The van der Waals surface area contributed by atoms with Crippen molar-refractivity contribution in [1.82, 2.24) is 20.1 Å². The van der Waals surface area contributed by atoms with E-state index in [-0.39, 0.29) is 5.78 Å². The molecule has 3 heterocycles. The van der Waals surface area contributed by atoms with E-state index in [1.807, 2.05) is 35.1 Å². The van der Waals surface area contributed by atoms with E-state index >= 15 is 0 Å². The summed E-state index contributed by atoms with van der Waals surface area (Å²) in [6, 6.07) is 8.17. The summed E-state index contributed by atoms with van der Waals surface area (Å²) < 4.78 is 1.96. The lowest BCUT2D eigenvalue weighted by Crippen LogP contribution is -2.25. The number of nitrogens with one attached hydrogen (secondary N) is 1. The summed E-state index contributed by atoms with van der Waals surface area (Å²) in [4.78, 5) is 16.7. The molecular weight excluding hydrogens is 332 g/mol. The molecular formula is C19H20N4OS. The van der Waals surface area contributed by atoms with E-state index in [2.05, 4.69) is 20.8 Å². The third-order valence-corrected chi connectivity index (χ3v) is 5.68. The van der Waals surface area contributed by atoms with Crippen molar-refractivity contribution in [2.75, 3.05) is 0 Å². The Hall–Kier alpha value is -2.31. The first-order valence-corrected chi connectivity index (χ1v) is 9.40. The van der Waals surface area contributed by atoms with Crippen LogP contribution in [0.4, 0.5) is 0 Å². The number of ketones is 1. The molecule has 4 rings (SSSR count). The van der Waals surface area contributed by atoms with Gasteiger partial charge >= 0.3 is 0 Å². The zero-order valence-electron chi connectivity index (χ0n) is 14.1. The third kappa shape index (κ3) is 3.27. The van der Waals surface area contributed by atoms with Crippen LogP contribution in [-0.2, 0) is 13.0 Å².